The first kappa shape index (κ1) is 18.1. The van der Waals surface area contributed by atoms with Crippen LogP contribution >= 0.6 is 11.6 Å². The van der Waals surface area contributed by atoms with Crippen molar-refractivity contribution < 1.29 is 4.79 Å². The highest BCUT2D eigenvalue weighted by molar-refractivity contribution is 6.30. The molecule has 0 saturated heterocycles. The Morgan fingerprint density at radius 2 is 2.08 bits per heavy atom. The number of nitrogens with zero attached hydrogens (tertiary/aromatic N) is 1. The summed E-state index contributed by atoms with van der Waals surface area (Å²) in [7, 11) is 0. The van der Waals surface area contributed by atoms with Crippen LogP contribution in [-0.4, -0.2) is 12.1 Å². The van der Waals surface area contributed by atoms with Gasteiger partial charge in [-0.1, -0.05) is 43.5 Å². The van der Waals surface area contributed by atoms with Crippen LogP contribution < -0.4 is 10.6 Å². The first-order chi connectivity index (χ1) is 12.1. The second-order valence-electron chi connectivity index (χ2n) is 7.58. The molecule has 0 spiro atoms. The van der Waals surface area contributed by atoms with Crippen molar-refractivity contribution in [3.05, 3.63) is 34.9 Å². The van der Waals surface area contributed by atoms with E-state index in [1.54, 1.807) is 0 Å². The van der Waals surface area contributed by atoms with Crippen molar-refractivity contribution in [2.24, 2.45) is 17.8 Å². The number of nitriles is 1. The maximum absolute atomic E-state index is 12.6. The zero-order chi connectivity index (χ0) is 17.8. The fourth-order valence-electron chi connectivity index (χ4n) is 4.37. The largest absolute Gasteiger partial charge is 0.335 e. The molecule has 0 bridgehead atoms. The predicted molar refractivity (Wildman–Crippen MR) is 99.1 cm³/mol. The van der Waals surface area contributed by atoms with E-state index in [0.717, 1.165) is 31.2 Å². The number of hydrogen-bond donors (Lipinski definition) is 2. The van der Waals surface area contributed by atoms with Gasteiger partial charge in [-0.15, -0.1) is 0 Å². The number of halogens is 1. The van der Waals surface area contributed by atoms with Gasteiger partial charge < -0.3 is 10.6 Å². The molecule has 2 saturated carbocycles. The SMILES string of the molecule is C[C@@H]1C[C@@H](C#N)C[C@H]1NC(=O)N[C@H](c1cccc(Cl)c1)C1CCCC1. The minimum Gasteiger partial charge on any atom is -0.335 e. The molecule has 1 aromatic carbocycles. The Morgan fingerprint density at radius 1 is 1.32 bits per heavy atom. The number of rotatable bonds is 4. The summed E-state index contributed by atoms with van der Waals surface area (Å²) in [4.78, 5) is 12.6. The molecule has 4 nitrogen and oxygen atoms in total. The van der Waals surface area contributed by atoms with E-state index in [1.165, 1.54) is 12.8 Å². The first-order valence-electron chi connectivity index (χ1n) is 9.29. The summed E-state index contributed by atoms with van der Waals surface area (Å²) in [5.41, 5.74) is 1.07. The van der Waals surface area contributed by atoms with Crippen LogP contribution in [-0.2, 0) is 0 Å². The van der Waals surface area contributed by atoms with Crippen molar-refractivity contribution in [1.29, 1.82) is 5.26 Å². The molecule has 5 heteroatoms. The highest BCUT2D eigenvalue weighted by atomic mass is 35.5. The van der Waals surface area contributed by atoms with E-state index in [0.29, 0.717) is 16.9 Å². The summed E-state index contributed by atoms with van der Waals surface area (Å²) in [5, 5.41) is 16.1. The van der Waals surface area contributed by atoms with Crippen LogP contribution in [0.1, 0.15) is 57.1 Å². The molecule has 1 aromatic rings. The smallest absolute Gasteiger partial charge is 0.315 e. The number of carbonyl (C=O) groups excluding carboxylic acids is 1. The highest BCUT2D eigenvalue weighted by Crippen LogP contribution is 2.36. The monoisotopic (exact) mass is 359 g/mol. The Bertz CT molecular complexity index is 651. The lowest BCUT2D eigenvalue weighted by Crippen LogP contribution is -2.45. The molecular weight excluding hydrogens is 334 g/mol. The molecule has 0 radical (unpaired) electrons. The van der Waals surface area contributed by atoms with Crippen LogP contribution in [0, 0.1) is 29.1 Å². The van der Waals surface area contributed by atoms with Gasteiger partial charge in [0.15, 0.2) is 0 Å². The summed E-state index contributed by atoms with van der Waals surface area (Å²) >= 11 is 6.16. The van der Waals surface area contributed by atoms with Crippen LogP contribution in [0.2, 0.25) is 5.02 Å². The summed E-state index contributed by atoms with van der Waals surface area (Å²) in [6.45, 7) is 2.10. The van der Waals surface area contributed by atoms with E-state index in [-0.39, 0.29) is 24.0 Å². The second kappa shape index (κ2) is 8.10. The number of urea groups is 1. The van der Waals surface area contributed by atoms with E-state index in [1.807, 2.05) is 24.3 Å². The lowest BCUT2D eigenvalue weighted by Gasteiger charge is -2.27. The van der Waals surface area contributed by atoms with Crippen molar-refractivity contribution in [1.82, 2.24) is 10.6 Å². The summed E-state index contributed by atoms with van der Waals surface area (Å²) in [5.74, 6) is 0.849. The maximum Gasteiger partial charge on any atom is 0.315 e. The molecule has 4 atom stereocenters. The van der Waals surface area contributed by atoms with Gasteiger partial charge in [-0.3, -0.25) is 0 Å². The van der Waals surface area contributed by atoms with Crippen molar-refractivity contribution in [2.75, 3.05) is 0 Å². The minimum absolute atomic E-state index is 0.00956. The van der Waals surface area contributed by atoms with Gasteiger partial charge in [0, 0.05) is 17.0 Å². The summed E-state index contributed by atoms with van der Waals surface area (Å²) < 4.78 is 0. The average molecular weight is 360 g/mol. The standard InChI is InChI=1S/C20H26ClN3O/c1-13-9-14(12-22)10-18(13)23-20(25)24-19(15-5-2-3-6-15)16-7-4-8-17(21)11-16/h4,7-8,11,13-15,18-19H,2-3,5-6,9-10H2,1H3,(H2,23,24,25)/t13-,14-,18-,19+/m1/s1. The molecular formula is C20H26ClN3O. The molecule has 2 N–H and O–H groups in total. The Labute approximate surface area is 154 Å². The fourth-order valence-corrected chi connectivity index (χ4v) is 4.57. The van der Waals surface area contributed by atoms with Crippen LogP contribution in [0.3, 0.4) is 0 Å². The topological polar surface area (TPSA) is 64.9 Å². The molecule has 2 amide bonds. The van der Waals surface area contributed by atoms with Gasteiger partial charge in [0.25, 0.3) is 0 Å². The zero-order valence-electron chi connectivity index (χ0n) is 14.7. The maximum atomic E-state index is 12.6. The average Bonchev–Trinajstić information content (AvgIpc) is 3.23. The molecule has 25 heavy (non-hydrogen) atoms. The van der Waals surface area contributed by atoms with Crippen molar-refractivity contribution >= 4 is 17.6 Å². The molecule has 2 aliphatic carbocycles. The molecule has 3 rings (SSSR count). The Morgan fingerprint density at radius 3 is 2.72 bits per heavy atom. The predicted octanol–water partition coefficient (Wildman–Crippen LogP) is 4.81. The number of hydrogen-bond acceptors (Lipinski definition) is 2. The Balaban J connectivity index is 1.67. The molecule has 2 fully saturated rings. The molecule has 0 heterocycles. The third kappa shape index (κ3) is 4.46. The lowest BCUT2D eigenvalue weighted by molar-refractivity contribution is 0.224. The minimum atomic E-state index is -0.132. The van der Waals surface area contributed by atoms with E-state index in [9.17, 15) is 4.79 Å². The molecule has 134 valence electrons. The summed E-state index contributed by atoms with van der Waals surface area (Å²) in [6, 6.07) is 10.1. The Kier molecular flexibility index (Phi) is 5.86. The second-order valence-corrected chi connectivity index (χ2v) is 8.01. The van der Waals surface area contributed by atoms with Crippen molar-refractivity contribution in [3.63, 3.8) is 0 Å². The molecule has 0 unspecified atom stereocenters. The summed E-state index contributed by atoms with van der Waals surface area (Å²) in [6.07, 6.45) is 6.31. The van der Waals surface area contributed by atoms with Crippen LogP contribution in [0.15, 0.2) is 24.3 Å². The van der Waals surface area contributed by atoms with E-state index in [4.69, 9.17) is 16.9 Å². The third-order valence-corrected chi connectivity index (χ3v) is 5.98. The van der Waals surface area contributed by atoms with E-state index in [2.05, 4.69) is 23.6 Å². The van der Waals surface area contributed by atoms with Crippen LogP contribution in [0.5, 0.6) is 0 Å². The molecule has 0 aliphatic heterocycles. The first-order valence-corrected chi connectivity index (χ1v) is 9.66. The van der Waals surface area contributed by atoms with Crippen LogP contribution in [0.4, 0.5) is 4.79 Å². The van der Waals surface area contributed by atoms with Gasteiger partial charge in [0.1, 0.15) is 0 Å². The normalized spacial score (nSPS) is 27.6. The van der Waals surface area contributed by atoms with Gasteiger partial charge >= 0.3 is 6.03 Å². The molecule has 2 aliphatic rings. The van der Waals surface area contributed by atoms with Gasteiger partial charge in [-0.2, -0.15) is 5.26 Å². The van der Waals surface area contributed by atoms with Crippen molar-refractivity contribution in [3.8, 4) is 6.07 Å². The quantitative estimate of drug-likeness (QED) is 0.810. The number of amides is 2. The number of nitrogens with one attached hydrogen (secondary N) is 2. The van der Waals surface area contributed by atoms with Crippen molar-refractivity contribution in [2.45, 2.75) is 57.5 Å². The van der Waals surface area contributed by atoms with Gasteiger partial charge in [0.05, 0.1) is 12.1 Å². The van der Waals surface area contributed by atoms with Gasteiger partial charge in [0.2, 0.25) is 0 Å². The van der Waals surface area contributed by atoms with Crippen LogP contribution in [0.25, 0.3) is 0 Å². The van der Waals surface area contributed by atoms with Gasteiger partial charge in [-0.05, 0) is 55.2 Å². The zero-order valence-corrected chi connectivity index (χ0v) is 15.4. The Hall–Kier alpha value is -1.73. The number of carbonyl (C=O) groups is 1. The number of benzene rings is 1. The van der Waals surface area contributed by atoms with E-state index < -0.39 is 0 Å². The lowest BCUT2D eigenvalue weighted by atomic mass is 9.91. The fraction of sp³-hybridized carbons (Fsp3) is 0.600. The van der Waals surface area contributed by atoms with Gasteiger partial charge in [-0.25, -0.2) is 4.79 Å². The third-order valence-electron chi connectivity index (χ3n) is 5.75. The highest BCUT2D eigenvalue weighted by Gasteiger charge is 2.33. The van der Waals surface area contributed by atoms with E-state index >= 15 is 0 Å². The molecule has 0 aromatic heterocycles.